The predicted octanol–water partition coefficient (Wildman–Crippen LogP) is 3.02. The fourth-order valence-corrected chi connectivity index (χ4v) is 1.94. The van der Waals surface area contributed by atoms with Crippen molar-refractivity contribution in [2.24, 2.45) is 0 Å². The smallest absolute Gasteiger partial charge is 0.156 e. The van der Waals surface area contributed by atoms with Crippen molar-refractivity contribution in [2.75, 3.05) is 5.73 Å². The Morgan fingerprint density at radius 3 is 2.72 bits per heavy atom. The number of aromatic nitrogens is 2. The molecule has 0 aliphatic heterocycles. The van der Waals surface area contributed by atoms with Gasteiger partial charge in [-0.2, -0.15) is 5.10 Å². The number of hydrogen-bond acceptors (Lipinski definition) is 3. The quantitative estimate of drug-likeness (QED) is 0.747. The van der Waals surface area contributed by atoms with Crippen LogP contribution in [0.15, 0.2) is 53.3 Å². The second kappa shape index (κ2) is 4.07. The maximum atomic E-state index is 5.98. The number of nitrogen functional groups attached to an aromatic ring is 1. The monoisotopic (exact) mass is 239 g/mol. The zero-order chi connectivity index (χ0) is 12.5. The molecule has 2 aromatic heterocycles. The molecule has 0 saturated carbocycles. The van der Waals surface area contributed by atoms with Crippen LogP contribution in [0.4, 0.5) is 5.69 Å². The van der Waals surface area contributed by atoms with Crippen LogP contribution >= 0.6 is 0 Å². The number of anilines is 1. The van der Waals surface area contributed by atoms with Gasteiger partial charge in [-0.25, -0.2) is 4.68 Å². The molecule has 0 fully saturated rings. The highest BCUT2D eigenvalue weighted by atomic mass is 16.3. The van der Waals surface area contributed by atoms with Gasteiger partial charge in [-0.3, -0.25) is 0 Å². The minimum Gasteiger partial charge on any atom is -0.463 e. The molecule has 0 saturated heterocycles. The van der Waals surface area contributed by atoms with Gasteiger partial charge in [0.2, 0.25) is 0 Å². The Morgan fingerprint density at radius 2 is 2.00 bits per heavy atom. The Hall–Kier alpha value is -2.49. The van der Waals surface area contributed by atoms with Crippen LogP contribution in [-0.2, 0) is 0 Å². The topological polar surface area (TPSA) is 57.0 Å². The largest absolute Gasteiger partial charge is 0.463 e. The summed E-state index contributed by atoms with van der Waals surface area (Å²) >= 11 is 0. The Bertz CT molecular complexity index is 668. The fourth-order valence-electron chi connectivity index (χ4n) is 1.94. The zero-order valence-corrected chi connectivity index (χ0v) is 10.00. The van der Waals surface area contributed by atoms with Crippen molar-refractivity contribution in [3.8, 4) is 17.1 Å². The molecule has 0 amide bonds. The summed E-state index contributed by atoms with van der Waals surface area (Å²) in [7, 11) is 0. The lowest BCUT2D eigenvalue weighted by atomic mass is 10.2. The van der Waals surface area contributed by atoms with Gasteiger partial charge in [0.1, 0.15) is 0 Å². The van der Waals surface area contributed by atoms with E-state index in [-0.39, 0.29) is 0 Å². The Balaban J connectivity index is 2.11. The summed E-state index contributed by atoms with van der Waals surface area (Å²) in [6.45, 7) is 2.04. The van der Waals surface area contributed by atoms with Gasteiger partial charge in [-0.1, -0.05) is 18.2 Å². The minimum atomic E-state index is 0.605. The maximum Gasteiger partial charge on any atom is 0.156 e. The number of hydrogen-bond donors (Lipinski definition) is 1. The molecule has 4 heteroatoms. The summed E-state index contributed by atoms with van der Waals surface area (Å²) in [6.07, 6.45) is 3.42. The van der Waals surface area contributed by atoms with Crippen LogP contribution in [0.25, 0.3) is 17.1 Å². The molecule has 90 valence electrons. The Morgan fingerprint density at radius 1 is 1.17 bits per heavy atom. The van der Waals surface area contributed by atoms with Crippen LogP contribution in [0.1, 0.15) is 5.56 Å². The average molecular weight is 239 g/mol. The normalized spacial score (nSPS) is 10.7. The van der Waals surface area contributed by atoms with Crippen LogP contribution in [0.5, 0.6) is 0 Å². The van der Waals surface area contributed by atoms with Crippen molar-refractivity contribution >= 4 is 5.69 Å². The maximum absolute atomic E-state index is 5.98. The van der Waals surface area contributed by atoms with Gasteiger partial charge in [0.25, 0.3) is 0 Å². The lowest BCUT2D eigenvalue weighted by Crippen LogP contribution is -1.97. The predicted molar refractivity (Wildman–Crippen MR) is 70.4 cm³/mol. The first kappa shape index (κ1) is 10.7. The summed E-state index contributed by atoms with van der Waals surface area (Å²) in [4.78, 5) is 0. The summed E-state index contributed by atoms with van der Waals surface area (Å²) in [5.74, 6) is 0.680. The molecule has 0 atom stereocenters. The summed E-state index contributed by atoms with van der Waals surface area (Å²) < 4.78 is 7.10. The molecule has 0 unspecified atom stereocenters. The molecular weight excluding hydrogens is 226 g/mol. The first-order chi connectivity index (χ1) is 8.75. The molecule has 0 radical (unpaired) electrons. The van der Waals surface area contributed by atoms with Gasteiger partial charge in [-0.15, -0.1) is 0 Å². The van der Waals surface area contributed by atoms with Crippen molar-refractivity contribution in [1.82, 2.24) is 9.78 Å². The summed E-state index contributed by atoms with van der Waals surface area (Å²) in [5, 5.41) is 4.48. The fraction of sp³-hybridized carbons (Fsp3) is 0.0714. The molecule has 0 aliphatic rings. The molecule has 0 spiro atoms. The first-order valence-corrected chi connectivity index (χ1v) is 5.71. The molecule has 2 heterocycles. The van der Waals surface area contributed by atoms with Gasteiger partial charge < -0.3 is 10.2 Å². The van der Waals surface area contributed by atoms with E-state index in [2.05, 4.69) is 5.10 Å². The number of furan rings is 1. The van der Waals surface area contributed by atoms with Gasteiger partial charge >= 0.3 is 0 Å². The minimum absolute atomic E-state index is 0.605. The Labute approximate surface area is 105 Å². The van der Waals surface area contributed by atoms with Gasteiger partial charge in [0.05, 0.1) is 23.8 Å². The van der Waals surface area contributed by atoms with E-state index in [4.69, 9.17) is 10.2 Å². The first-order valence-electron chi connectivity index (χ1n) is 5.71. The van der Waals surface area contributed by atoms with Crippen molar-refractivity contribution in [1.29, 1.82) is 0 Å². The Kier molecular flexibility index (Phi) is 2.41. The van der Waals surface area contributed by atoms with Crippen LogP contribution in [0.2, 0.25) is 0 Å². The lowest BCUT2D eigenvalue weighted by molar-refractivity contribution is 0.579. The molecule has 4 nitrogen and oxygen atoms in total. The van der Waals surface area contributed by atoms with Gasteiger partial charge in [-0.05, 0) is 30.7 Å². The van der Waals surface area contributed by atoms with Crippen molar-refractivity contribution in [3.05, 3.63) is 54.4 Å². The van der Waals surface area contributed by atoms with Crippen LogP contribution in [-0.4, -0.2) is 9.78 Å². The van der Waals surface area contributed by atoms with Gasteiger partial charge in [0, 0.05) is 0 Å². The van der Waals surface area contributed by atoms with E-state index in [1.165, 1.54) is 0 Å². The number of aryl methyl sites for hydroxylation is 1. The van der Waals surface area contributed by atoms with E-state index < -0.39 is 0 Å². The van der Waals surface area contributed by atoms with E-state index in [1.807, 2.05) is 43.3 Å². The highest BCUT2D eigenvalue weighted by Gasteiger charge is 2.12. The zero-order valence-electron chi connectivity index (χ0n) is 10.00. The average Bonchev–Trinajstić information content (AvgIpc) is 2.98. The van der Waals surface area contributed by atoms with E-state index in [0.717, 1.165) is 11.3 Å². The second-order valence-corrected chi connectivity index (χ2v) is 4.14. The van der Waals surface area contributed by atoms with Gasteiger partial charge in [0.15, 0.2) is 11.5 Å². The van der Waals surface area contributed by atoms with E-state index in [1.54, 1.807) is 17.1 Å². The molecular formula is C14H13N3O. The van der Waals surface area contributed by atoms with Crippen LogP contribution in [0.3, 0.4) is 0 Å². The van der Waals surface area contributed by atoms with Crippen molar-refractivity contribution < 1.29 is 4.42 Å². The van der Waals surface area contributed by atoms with E-state index in [9.17, 15) is 0 Å². The van der Waals surface area contributed by atoms with E-state index in [0.29, 0.717) is 17.1 Å². The van der Waals surface area contributed by atoms with Crippen molar-refractivity contribution in [3.63, 3.8) is 0 Å². The summed E-state index contributed by atoms with van der Waals surface area (Å²) in [5.41, 5.74) is 9.41. The third-order valence-electron chi connectivity index (χ3n) is 2.86. The molecule has 2 N–H and O–H groups in total. The second-order valence-electron chi connectivity index (χ2n) is 4.14. The molecule has 1 aromatic carbocycles. The highest BCUT2D eigenvalue weighted by Crippen LogP contribution is 2.26. The van der Waals surface area contributed by atoms with Crippen LogP contribution in [0, 0.1) is 6.92 Å². The molecule has 3 rings (SSSR count). The molecule has 3 aromatic rings. The summed E-state index contributed by atoms with van der Waals surface area (Å²) in [6, 6.07) is 11.7. The third-order valence-corrected chi connectivity index (χ3v) is 2.86. The molecule has 0 aliphatic carbocycles. The SMILES string of the molecule is Cc1ccccc1-n1cc(N)c(-c2ccco2)n1. The molecule has 18 heavy (non-hydrogen) atoms. The number of para-hydroxylation sites is 1. The number of nitrogens with zero attached hydrogens (tertiary/aromatic N) is 2. The molecule has 0 bridgehead atoms. The van der Waals surface area contributed by atoms with Crippen LogP contribution < -0.4 is 5.73 Å². The van der Waals surface area contributed by atoms with E-state index >= 15 is 0 Å². The number of benzene rings is 1. The standard InChI is InChI=1S/C14H13N3O/c1-10-5-2-3-6-12(10)17-9-11(15)14(16-17)13-7-4-8-18-13/h2-9H,15H2,1H3. The van der Waals surface area contributed by atoms with Crippen molar-refractivity contribution in [2.45, 2.75) is 6.92 Å². The third kappa shape index (κ3) is 1.68. The highest BCUT2D eigenvalue weighted by molar-refractivity contribution is 5.68. The number of nitrogens with two attached hydrogens (primary N) is 1. The number of rotatable bonds is 2. The lowest BCUT2D eigenvalue weighted by Gasteiger charge is -2.04.